The van der Waals surface area contributed by atoms with Gasteiger partial charge in [0.15, 0.2) is 5.96 Å². The quantitative estimate of drug-likeness (QED) is 0.500. The summed E-state index contributed by atoms with van der Waals surface area (Å²) in [5.74, 6) is 3.28. The maximum Gasteiger partial charge on any atom is 0.193 e. The number of hydrogen-bond acceptors (Lipinski definition) is 5. The molecule has 2 aromatic rings. The molecule has 2 aromatic carbocycles. The van der Waals surface area contributed by atoms with Gasteiger partial charge in [-0.25, -0.2) is 0 Å². The summed E-state index contributed by atoms with van der Waals surface area (Å²) < 4.78 is 21.9. The summed E-state index contributed by atoms with van der Waals surface area (Å²) in [4.78, 5) is 6.63. The van der Waals surface area contributed by atoms with Crippen molar-refractivity contribution in [2.75, 3.05) is 55.2 Å². The van der Waals surface area contributed by atoms with Crippen LogP contribution in [0.15, 0.2) is 47.5 Å². The average molecular weight is 442 g/mol. The predicted molar refractivity (Wildman–Crippen MR) is 127 cm³/mol. The molecule has 1 aliphatic rings. The van der Waals surface area contributed by atoms with E-state index in [0.29, 0.717) is 6.54 Å². The third-order valence-corrected chi connectivity index (χ3v) is 6.21. The van der Waals surface area contributed by atoms with E-state index in [-0.39, 0.29) is 5.41 Å². The molecule has 0 bridgehead atoms. The standard InChI is InChI=1S/C25H35N3O4/c1-26-24(28(2)17-19-6-9-22(30-4)16-23(19)31-5)27-18-25(12-14-32-15-13-25)20-7-10-21(29-3)11-8-20/h6-11,16H,12-15,17-18H2,1-5H3,(H,26,27). The van der Waals surface area contributed by atoms with Gasteiger partial charge in [-0.05, 0) is 42.7 Å². The second-order valence-electron chi connectivity index (χ2n) is 8.06. The highest BCUT2D eigenvalue weighted by Gasteiger charge is 2.35. The summed E-state index contributed by atoms with van der Waals surface area (Å²) >= 11 is 0. The Labute approximate surface area is 191 Å². The zero-order valence-electron chi connectivity index (χ0n) is 19.8. The van der Waals surface area contributed by atoms with Crippen LogP contribution in [0.2, 0.25) is 0 Å². The van der Waals surface area contributed by atoms with Gasteiger partial charge in [-0.3, -0.25) is 4.99 Å². The minimum absolute atomic E-state index is 0.0148. The van der Waals surface area contributed by atoms with Gasteiger partial charge in [0.25, 0.3) is 0 Å². The van der Waals surface area contributed by atoms with Crippen LogP contribution < -0.4 is 19.5 Å². The Kier molecular flexibility index (Phi) is 8.22. The molecule has 1 aliphatic heterocycles. The van der Waals surface area contributed by atoms with Gasteiger partial charge in [0.05, 0.1) is 21.3 Å². The molecule has 7 heteroatoms. The van der Waals surface area contributed by atoms with Gasteiger partial charge in [-0.2, -0.15) is 0 Å². The van der Waals surface area contributed by atoms with E-state index in [1.807, 2.05) is 44.4 Å². The van der Waals surface area contributed by atoms with Crippen LogP contribution in [-0.2, 0) is 16.7 Å². The van der Waals surface area contributed by atoms with Crippen LogP contribution in [0.1, 0.15) is 24.0 Å². The van der Waals surface area contributed by atoms with Crippen molar-refractivity contribution < 1.29 is 18.9 Å². The van der Waals surface area contributed by atoms with Crippen LogP contribution in [0.25, 0.3) is 0 Å². The van der Waals surface area contributed by atoms with Gasteiger partial charge in [0.1, 0.15) is 17.2 Å². The Balaban J connectivity index is 1.73. The molecule has 0 aliphatic carbocycles. The number of rotatable bonds is 8. The molecule has 7 nitrogen and oxygen atoms in total. The first kappa shape index (κ1) is 23.7. The van der Waals surface area contributed by atoms with Crippen molar-refractivity contribution >= 4 is 5.96 Å². The first-order valence-corrected chi connectivity index (χ1v) is 10.9. The minimum atomic E-state index is -0.0148. The molecule has 1 saturated heterocycles. The molecule has 1 N–H and O–H groups in total. The number of guanidine groups is 1. The number of ether oxygens (including phenoxy) is 4. The van der Waals surface area contributed by atoms with Crippen LogP contribution in [0.3, 0.4) is 0 Å². The van der Waals surface area contributed by atoms with Crippen molar-refractivity contribution in [3.63, 3.8) is 0 Å². The molecule has 32 heavy (non-hydrogen) atoms. The predicted octanol–water partition coefficient (Wildman–Crippen LogP) is 3.47. The first-order chi connectivity index (χ1) is 15.5. The SMILES string of the molecule is CN=C(NCC1(c2ccc(OC)cc2)CCOCC1)N(C)Cc1ccc(OC)cc1OC. The van der Waals surface area contributed by atoms with E-state index in [2.05, 4.69) is 27.3 Å². The summed E-state index contributed by atoms with van der Waals surface area (Å²) in [5, 5.41) is 3.61. The lowest BCUT2D eigenvalue weighted by Gasteiger charge is -2.39. The number of nitrogens with zero attached hydrogens (tertiary/aromatic N) is 2. The van der Waals surface area contributed by atoms with Crippen LogP contribution in [0.4, 0.5) is 0 Å². The first-order valence-electron chi connectivity index (χ1n) is 10.9. The smallest absolute Gasteiger partial charge is 0.193 e. The second kappa shape index (κ2) is 11.1. The van der Waals surface area contributed by atoms with Gasteiger partial charge in [0.2, 0.25) is 0 Å². The molecule has 1 fully saturated rings. The Morgan fingerprint density at radius 1 is 1.00 bits per heavy atom. The van der Waals surface area contributed by atoms with Crippen molar-refractivity contribution in [2.24, 2.45) is 4.99 Å². The lowest BCUT2D eigenvalue weighted by molar-refractivity contribution is 0.0512. The summed E-state index contributed by atoms with van der Waals surface area (Å²) in [7, 11) is 8.87. The zero-order chi connectivity index (χ0) is 23.0. The van der Waals surface area contributed by atoms with E-state index in [1.165, 1.54) is 5.56 Å². The van der Waals surface area contributed by atoms with Crippen LogP contribution in [-0.4, -0.2) is 66.0 Å². The van der Waals surface area contributed by atoms with Crippen LogP contribution in [0, 0.1) is 0 Å². The average Bonchev–Trinajstić information content (AvgIpc) is 2.85. The summed E-state index contributed by atoms with van der Waals surface area (Å²) in [6.07, 6.45) is 1.92. The third-order valence-electron chi connectivity index (χ3n) is 6.21. The Bertz CT molecular complexity index is 893. The lowest BCUT2D eigenvalue weighted by Crippen LogP contribution is -2.48. The summed E-state index contributed by atoms with van der Waals surface area (Å²) in [6.45, 7) is 2.95. The maximum atomic E-state index is 5.68. The van der Waals surface area contributed by atoms with Gasteiger partial charge >= 0.3 is 0 Å². The molecule has 0 aromatic heterocycles. The number of aliphatic imine (C=N–C) groups is 1. The number of benzene rings is 2. The van der Waals surface area contributed by atoms with Gasteiger partial charge in [0, 0.05) is 57.4 Å². The fraction of sp³-hybridized carbons (Fsp3) is 0.480. The van der Waals surface area contributed by atoms with Crippen LogP contribution in [0.5, 0.6) is 17.2 Å². The van der Waals surface area contributed by atoms with E-state index < -0.39 is 0 Å². The molecule has 0 saturated carbocycles. The normalized spacial score (nSPS) is 15.7. The molecular weight excluding hydrogens is 406 g/mol. The fourth-order valence-corrected chi connectivity index (χ4v) is 4.22. The molecule has 0 spiro atoms. The van der Waals surface area contributed by atoms with E-state index in [9.17, 15) is 0 Å². The zero-order valence-corrected chi connectivity index (χ0v) is 19.8. The molecule has 0 radical (unpaired) electrons. The monoisotopic (exact) mass is 441 g/mol. The van der Waals surface area contributed by atoms with Gasteiger partial charge in [-0.15, -0.1) is 0 Å². The van der Waals surface area contributed by atoms with Gasteiger partial charge in [-0.1, -0.05) is 12.1 Å². The van der Waals surface area contributed by atoms with Crippen molar-refractivity contribution in [3.8, 4) is 17.2 Å². The number of hydrogen-bond donors (Lipinski definition) is 1. The Morgan fingerprint density at radius 3 is 2.25 bits per heavy atom. The highest BCUT2D eigenvalue weighted by molar-refractivity contribution is 5.79. The molecule has 0 atom stereocenters. The number of nitrogens with one attached hydrogen (secondary N) is 1. The minimum Gasteiger partial charge on any atom is -0.497 e. The largest absolute Gasteiger partial charge is 0.497 e. The molecule has 1 heterocycles. The van der Waals surface area contributed by atoms with Gasteiger partial charge < -0.3 is 29.2 Å². The molecule has 3 rings (SSSR count). The number of methoxy groups -OCH3 is 3. The topological polar surface area (TPSA) is 64.6 Å². The third kappa shape index (κ3) is 5.46. The molecule has 0 unspecified atom stereocenters. The van der Waals surface area contributed by atoms with Crippen molar-refractivity contribution in [1.82, 2.24) is 10.2 Å². The Morgan fingerprint density at radius 2 is 1.66 bits per heavy atom. The summed E-state index contributed by atoms with van der Waals surface area (Å²) in [6, 6.07) is 14.3. The highest BCUT2D eigenvalue weighted by Crippen LogP contribution is 2.35. The van der Waals surface area contributed by atoms with E-state index in [0.717, 1.165) is 61.4 Å². The fourth-order valence-electron chi connectivity index (χ4n) is 4.22. The Hall–Kier alpha value is -2.93. The van der Waals surface area contributed by atoms with Crippen molar-refractivity contribution in [3.05, 3.63) is 53.6 Å². The van der Waals surface area contributed by atoms with E-state index in [1.54, 1.807) is 21.3 Å². The summed E-state index contributed by atoms with van der Waals surface area (Å²) in [5.41, 5.74) is 2.35. The maximum absolute atomic E-state index is 5.68. The highest BCUT2D eigenvalue weighted by atomic mass is 16.5. The van der Waals surface area contributed by atoms with Crippen molar-refractivity contribution in [1.29, 1.82) is 0 Å². The lowest BCUT2D eigenvalue weighted by atomic mass is 9.74. The second-order valence-corrected chi connectivity index (χ2v) is 8.06. The van der Waals surface area contributed by atoms with Crippen molar-refractivity contribution in [2.45, 2.75) is 24.8 Å². The molecule has 0 amide bonds. The molecular formula is C25H35N3O4. The van der Waals surface area contributed by atoms with Crippen LogP contribution >= 0.6 is 0 Å². The van der Waals surface area contributed by atoms with E-state index >= 15 is 0 Å². The van der Waals surface area contributed by atoms with E-state index in [4.69, 9.17) is 18.9 Å². The molecule has 174 valence electrons.